The number of phenols is 1. The van der Waals surface area contributed by atoms with Gasteiger partial charge in [-0.1, -0.05) is 32.6 Å². The molecule has 0 saturated heterocycles. The van der Waals surface area contributed by atoms with E-state index in [-0.39, 0.29) is 11.7 Å². The number of nitrogens with one attached hydrogen (secondary N) is 2. The summed E-state index contributed by atoms with van der Waals surface area (Å²) >= 11 is 0. The number of carbonyl (C=O) groups excluding carboxylic acids is 1. The lowest BCUT2D eigenvalue weighted by atomic mass is 9.95. The van der Waals surface area contributed by atoms with Crippen molar-refractivity contribution in [3.63, 3.8) is 0 Å². The second-order valence-corrected chi connectivity index (χ2v) is 4.54. The molecule has 1 aliphatic heterocycles. The Kier molecular flexibility index (Phi) is 6.50. The van der Waals surface area contributed by atoms with Crippen molar-refractivity contribution in [2.24, 2.45) is 0 Å². The van der Waals surface area contributed by atoms with E-state index in [1.165, 1.54) is 0 Å². The smallest absolute Gasteiger partial charge is 0.338 e. The maximum Gasteiger partial charge on any atom is 0.338 e. The number of hydrogen-bond donors (Lipinski definition) is 3. The molecule has 1 atom stereocenters. The maximum atomic E-state index is 12.1. The fourth-order valence-corrected chi connectivity index (χ4v) is 2.23. The first-order valence-corrected chi connectivity index (χ1v) is 7.42. The summed E-state index contributed by atoms with van der Waals surface area (Å²) in [5.74, 6) is 0.365. The fourth-order valence-electron chi connectivity index (χ4n) is 2.23. The molecule has 2 rings (SSSR count). The molecule has 120 valence electrons. The molecule has 0 aromatic heterocycles. The van der Waals surface area contributed by atoms with Crippen LogP contribution in [0.2, 0.25) is 0 Å². The molecule has 22 heavy (non-hydrogen) atoms. The number of ether oxygens (including phenoxy) is 1. The fraction of sp³-hybridized carbons (Fsp3) is 0.353. The normalized spacial score (nSPS) is 16.9. The standard InChI is InChI=1S/C15H18N2O3.C2H6/c1-4-20-15(19)13-9(2)16-10(3)17-14(13)11-6-5-7-12(18)8-11;1-2/h5-8,14,16-18H,3-4H2,1-2H3;1-2H3. The van der Waals surface area contributed by atoms with Crippen LogP contribution in [0.1, 0.15) is 39.3 Å². The summed E-state index contributed by atoms with van der Waals surface area (Å²) < 4.78 is 5.10. The molecule has 1 aliphatic rings. The van der Waals surface area contributed by atoms with Crippen LogP contribution in [0.25, 0.3) is 0 Å². The average molecular weight is 304 g/mol. The highest BCUT2D eigenvalue weighted by molar-refractivity contribution is 5.91. The molecule has 0 radical (unpaired) electrons. The number of carbonyl (C=O) groups is 1. The summed E-state index contributed by atoms with van der Waals surface area (Å²) in [6.07, 6.45) is 0. The number of esters is 1. The Labute approximate surface area is 131 Å². The van der Waals surface area contributed by atoms with Gasteiger partial charge in [0.05, 0.1) is 24.0 Å². The van der Waals surface area contributed by atoms with Gasteiger partial charge in [-0.25, -0.2) is 4.79 Å². The third-order valence-electron chi connectivity index (χ3n) is 3.05. The summed E-state index contributed by atoms with van der Waals surface area (Å²) in [6, 6.07) is 6.37. The highest BCUT2D eigenvalue weighted by Crippen LogP contribution is 2.30. The van der Waals surface area contributed by atoms with Crippen LogP contribution in [0, 0.1) is 0 Å². The second kappa shape index (κ2) is 8.12. The minimum Gasteiger partial charge on any atom is -0.508 e. The van der Waals surface area contributed by atoms with Crippen LogP contribution in [0.5, 0.6) is 5.75 Å². The highest BCUT2D eigenvalue weighted by Gasteiger charge is 2.30. The van der Waals surface area contributed by atoms with Gasteiger partial charge >= 0.3 is 5.97 Å². The molecule has 3 N–H and O–H groups in total. The molecule has 0 fully saturated rings. The largest absolute Gasteiger partial charge is 0.508 e. The zero-order valence-corrected chi connectivity index (χ0v) is 13.6. The molecule has 1 unspecified atom stereocenters. The van der Waals surface area contributed by atoms with Crippen LogP contribution in [0.4, 0.5) is 0 Å². The van der Waals surface area contributed by atoms with Gasteiger partial charge in [-0.2, -0.15) is 0 Å². The first kappa shape index (κ1) is 17.6. The van der Waals surface area contributed by atoms with Gasteiger partial charge in [0.2, 0.25) is 0 Å². The Morgan fingerprint density at radius 2 is 2.09 bits per heavy atom. The molecule has 1 aromatic rings. The molecule has 0 amide bonds. The van der Waals surface area contributed by atoms with Crippen molar-refractivity contribution < 1.29 is 14.6 Å². The van der Waals surface area contributed by atoms with E-state index in [0.29, 0.717) is 23.7 Å². The summed E-state index contributed by atoms with van der Waals surface area (Å²) in [5.41, 5.74) is 1.96. The van der Waals surface area contributed by atoms with Crippen LogP contribution >= 0.6 is 0 Å². The Balaban J connectivity index is 0.00000116. The molecule has 0 saturated carbocycles. The molecule has 1 aromatic carbocycles. The van der Waals surface area contributed by atoms with E-state index in [9.17, 15) is 9.90 Å². The minimum absolute atomic E-state index is 0.148. The van der Waals surface area contributed by atoms with Gasteiger partial charge in [-0.3, -0.25) is 0 Å². The lowest BCUT2D eigenvalue weighted by Crippen LogP contribution is -2.39. The lowest BCUT2D eigenvalue weighted by molar-refractivity contribution is -0.139. The Morgan fingerprint density at radius 3 is 2.68 bits per heavy atom. The van der Waals surface area contributed by atoms with E-state index < -0.39 is 6.04 Å². The first-order chi connectivity index (χ1) is 10.5. The van der Waals surface area contributed by atoms with Crippen LogP contribution in [0.3, 0.4) is 0 Å². The summed E-state index contributed by atoms with van der Waals surface area (Å²) in [4.78, 5) is 12.1. The molecule has 5 heteroatoms. The average Bonchev–Trinajstić information content (AvgIpc) is 2.48. The van der Waals surface area contributed by atoms with Crippen molar-refractivity contribution in [2.45, 2.75) is 33.7 Å². The molecule has 0 bridgehead atoms. The molecule has 0 spiro atoms. The molecular weight excluding hydrogens is 280 g/mol. The number of hydrogen-bond acceptors (Lipinski definition) is 5. The van der Waals surface area contributed by atoms with E-state index in [1.54, 1.807) is 32.0 Å². The SMILES string of the molecule is C=C1NC(C)=C(C(=O)OCC)C(c2cccc(O)c2)N1.CC. The topological polar surface area (TPSA) is 70.6 Å². The van der Waals surface area contributed by atoms with Gasteiger partial charge in [0.25, 0.3) is 0 Å². The van der Waals surface area contributed by atoms with E-state index in [2.05, 4.69) is 17.2 Å². The quantitative estimate of drug-likeness (QED) is 0.749. The van der Waals surface area contributed by atoms with Crippen molar-refractivity contribution >= 4 is 5.97 Å². The molecule has 5 nitrogen and oxygen atoms in total. The third kappa shape index (κ3) is 4.04. The van der Waals surface area contributed by atoms with E-state index in [0.717, 1.165) is 5.56 Å². The van der Waals surface area contributed by atoms with Crippen molar-refractivity contribution in [3.8, 4) is 5.75 Å². The van der Waals surface area contributed by atoms with Crippen molar-refractivity contribution in [1.82, 2.24) is 10.6 Å². The number of aromatic hydroxyl groups is 1. The van der Waals surface area contributed by atoms with Crippen molar-refractivity contribution in [2.75, 3.05) is 6.61 Å². The minimum atomic E-state index is -0.394. The summed E-state index contributed by atoms with van der Waals surface area (Å²) in [7, 11) is 0. The van der Waals surface area contributed by atoms with Gasteiger partial charge in [0.1, 0.15) is 5.75 Å². The summed E-state index contributed by atoms with van der Waals surface area (Å²) in [5, 5.41) is 15.7. The van der Waals surface area contributed by atoms with Gasteiger partial charge in [-0.05, 0) is 31.5 Å². The zero-order chi connectivity index (χ0) is 16.7. The Bertz CT molecular complexity index is 579. The highest BCUT2D eigenvalue weighted by atomic mass is 16.5. The molecule has 0 aliphatic carbocycles. The summed E-state index contributed by atoms with van der Waals surface area (Å²) in [6.45, 7) is 11.7. The molecule has 1 heterocycles. The van der Waals surface area contributed by atoms with Crippen LogP contribution in [0.15, 0.2) is 47.9 Å². The van der Waals surface area contributed by atoms with Crippen molar-refractivity contribution in [3.05, 3.63) is 53.5 Å². The third-order valence-corrected chi connectivity index (χ3v) is 3.05. The first-order valence-electron chi connectivity index (χ1n) is 7.42. The Hall–Kier alpha value is -2.43. The number of allylic oxidation sites excluding steroid dienone is 1. The molecular formula is C17H24N2O3. The van der Waals surface area contributed by atoms with Crippen LogP contribution < -0.4 is 10.6 Å². The van der Waals surface area contributed by atoms with E-state index in [1.807, 2.05) is 19.9 Å². The Morgan fingerprint density at radius 1 is 1.41 bits per heavy atom. The van der Waals surface area contributed by atoms with Crippen LogP contribution in [-0.2, 0) is 9.53 Å². The van der Waals surface area contributed by atoms with E-state index in [4.69, 9.17) is 4.74 Å². The van der Waals surface area contributed by atoms with Gasteiger partial charge in [-0.15, -0.1) is 0 Å². The van der Waals surface area contributed by atoms with Gasteiger partial charge < -0.3 is 20.5 Å². The predicted octanol–water partition coefficient (Wildman–Crippen LogP) is 2.96. The van der Waals surface area contributed by atoms with Crippen molar-refractivity contribution in [1.29, 1.82) is 0 Å². The second-order valence-electron chi connectivity index (χ2n) is 4.54. The number of rotatable bonds is 3. The van der Waals surface area contributed by atoms with E-state index >= 15 is 0 Å². The maximum absolute atomic E-state index is 12.1. The number of phenolic OH excluding ortho intramolecular Hbond substituents is 1. The van der Waals surface area contributed by atoms with Gasteiger partial charge in [0.15, 0.2) is 0 Å². The lowest BCUT2D eigenvalue weighted by Gasteiger charge is -2.30. The van der Waals surface area contributed by atoms with Gasteiger partial charge in [0, 0.05) is 5.70 Å². The number of benzene rings is 1. The zero-order valence-electron chi connectivity index (χ0n) is 13.6. The monoisotopic (exact) mass is 304 g/mol. The predicted molar refractivity (Wildman–Crippen MR) is 86.9 cm³/mol. The van der Waals surface area contributed by atoms with Crippen LogP contribution in [-0.4, -0.2) is 17.7 Å².